The number of esters is 1. The molecule has 4 aliphatic heterocycles. The standard InChI is InChI=1S/C29H38N4O6/c1-29(2,3)39-28(38)19-10-12-31(13-11-19)17-18-8-14-32(15-9-18)20-4-5-21-22(16-20)27(37)33(26(21)36)23-6-7-24(34)30-25(23)35/h4-5,16,18-19,23H,6-15,17H2,1-3H3,(H,30,34,35). The van der Waals surface area contributed by atoms with Crippen molar-refractivity contribution in [2.45, 2.75) is 70.9 Å². The second-order valence-electron chi connectivity index (χ2n) is 12.2. The van der Waals surface area contributed by atoms with Crippen LogP contribution in [0.3, 0.4) is 0 Å². The molecule has 1 atom stereocenters. The van der Waals surface area contributed by atoms with Crippen LogP contribution in [-0.4, -0.2) is 83.8 Å². The van der Waals surface area contributed by atoms with Crippen molar-refractivity contribution in [1.29, 1.82) is 0 Å². The number of piperidine rings is 3. The minimum atomic E-state index is -0.955. The Balaban J connectivity index is 1.13. The molecule has 1 N–H and O–H groups in total. The van der Waals surface area contributed by atoms with Gasteiger partial charge in [0.1, 0.15) is 11.6 Å². The maximum absolute atomic E-state index is 13.2. The first-order chi connectivity index (χ1) is 18.5. The number of benzene rings is 1. The van der Waals surface area contributed by atoms with E-state index in [0.717, 1.165) is 69.0 Å². The van der Waals surface area contributed by atoms with E-state index < -0.39 is 29.4 Å². The van der Waals surface area contributed by atoms with Gasteiger partial charge in [0.05, 0.1) is 17.0 Å². The minimum absolute atomic E-state index is 0.0114. The lowest BCUT2D eigenvalue weighted by molar-refractivity contribution is -0.161. The zero-order valence-electron chi connectivity index (χ0n) is 23.0. The first kappa shape index (κ1) is 27.3. The highest BCUT2D eigenvalue weighted by molar-refractivity contribution is 6.23. The molecule has 1 unspecified atom stereocenters. The van der Waals surface area contributed by atoms with Crippen molar-refractivity contribution in [1.82, 2.24) is 15.1 Å². The molecule has 1 aromatic rings. The lowest BCUT2D eigenvalue weighted by Gasteiger charge is -2.38. The number of rotatable bonds is 5. The van der Waals surface area contributed by atoms with Gasteiger partial charge in [-0.1, -0.05) is 0 Å². The average molecular weight is 539 g/mol. The number of hydrogen-bond donors (Lipinski definition) is 1. The van der Waals surface area contributed by atoms with E-state index in [2.05, 4.69) is 15.1 Å². The van der Waals surface area contributed by atoms with Gasteiger partial charge in [-0.2, -0.15) is 0 Å². The highest BCUT2D eigenvalue weighted by Gasteiger charge is 2.44. The average Bonchev–Trinajstić information content (AvgIpc) is 3.13. The monoisotopic (exact) mass is 538 g/mol. The number of likely N-dealkylation sites (tertiary alicyclic amines) is 1. The van der Waals surface area contributed by atoms with Gasteiger partial charge in [0.2, 0.25) is 11.8 Å². The van der Waals surface area contributed by atoms with Gasteiger partial charge in [0.25, 0.3) is 11.8 Å². The maximum Gasteiger partial charge on any atom is 0.309 e. The molecule has 3 fully saturated rings. The Labute approximate surface area is 229 Å². The fourth-order valence-corrected chi connectivity index (χ4v) is 6.13. The van der Waals surface area contributed by atoms with Crippen LogP contribution >= 0.6 is 0 Å². The molecule has 10 heteroatoms. The largest absolute Gasteiger partial charge is 0.460 e. The summed E-state index contributed by atoms with van der Waals surface area (Å²) in [6.07, 6.45) is 3.98. The van der Waals surface area contributed by atoms with E-state index in [4.69, 9.17) is 4.74 Å². The van der Waals surface area contributed by atoms with Gasteiger partial charge in [0, 0.05) is 31.7 Å². The number of fused-ring (bicyclic) bond motifs is 1. The lowest BCUT2D eigenvalue weighted by Crippen LogP contribution is -2.54. The van der Waals surface area contributed by atoms with Crippen LogP contribution in [0.4, 0.5) is 5.69 Å². The Morgan fingerprint density at radius 3 is 2.23 bits per heavy atom. The fourth-order valence-electron chi connectivity index (χ4n) is 6.13. The molecule has 5 rings (SSSR count). The van der Waals surface area contributed by atoms with Crippen LogP contribution in [0.2, 0.25) is 0 Å². The SMILES string of the molecule is CC(C)(C)OC(=O)C1CCN(CC2CCN(c3ccc4c(c3)C(=O)N(C3CCC(=O)NC3=O)C4=O)CC2)CC1. The highest BCUT2D eigenvalue weighted by Crippen LogP contribution is 2.32. The predicted octanol–water partition coefficient (Wildman–Crippen LogP) is 2.36. The first-order valence-corrected chi connectivity index (χ1v) is 14.1. The van der Waals surface area contributed by atoms with Crippen LogP contribution in [-0.2, 0) is 19.1 Å². The number of anilines is 1. The second kappa shape index (κ2) is 10.7. The molecule has 0 aliphatic carbocycles. The van der Waals surface area contributed by atoms with Crippen LogP contribution in [0, 0.1) is 11.8 Å². The fraction of sp³-hybridized carbons (Fsp3) is 0.621. The first-order valence-electron chi connectivity index (χ1n) is 14.1. The third-order valence-electron chi connectivity index (χ3n) is 8.25. The number of nitrogens with one attached hydrogen (secondary N) is 1. The Bertz CT molecular complexity index is 1170. The molecule has 4 aliphatic rings. The number of ether oxygens (including phenoxy) is 1. The molecule has 0 bridgehead atoms. The normalized spacial score (nSPS) is 23.7. The molecule has 3 saturated heterocycles. The summed E-state index contributed by atoms with van der Waals surface area (Å²) in [4.78, 5) is 68.1. The van der Waals surface area contributed by atoms with Crippen molar-refractivity contribution in [2.24, 2.45) is 11.8 Å². The zero-order valence-corrected chi connectivity index (χ0v) is 23.0. The summed E-state index contributed by atoms with van der Waals surface area (Å²) < 4.78 is 5.57. The summed E-state index contributed by atoms with van der Waals surface area (Å²) in [6.45, 7) is 10.3. The Kier molecular flexibility index (Phi) is 7.50. The Hall–Kier alpha value is -3.27. The topological polar surface area (TPSA) is 116 Å². The molecule has 39 heavy (non-hydrogen) atoms. The molecule has 210 valence electrons. The van der Waals surface area contributed by atoms with Gasteiger partial charge in [-0.05, 0) is 90.1 Å². The van der Waals surface area contributed by atoms with Crippen molar-refractivity contribution in [3.63, 3.8) is 0 Å². The summed E-state index contributed by atoms with van der Waals surface area (Å²) in [5, 5.41) is 2.23. The van der Waals surface area contributed by atoms with Crippen molar-refractivity contribution in [2.75, 3.05) is 37.6 Å². The molecule has 0 spiro atoms. The van der Waals surface area contributed by atoms with Crippen molar-refractivity contribution < 1.29 is 28.7 Å². The van der Waals surface area contributed by atoms with E-state index >= 15 is 0 Å². The Morgan fingerprint density at radius 1 is 0.923 bits per heavy atom. The predicted molar refractivity (Wildman–Crippen MR) is 143 cm³/mol. The number of nitrogens with zero attached hydrogens (tertiary/aromatic N) is 3. The van der Waals surface area contributed by atoms with Crippen LogP contribution in [0.1, 0.15) is 80.0 Å². The molecule has 0 aromatic heterocycles. The van der Waals surface area contributed by atoms with Gasteiger partial charge in [-0.3, -0.25) is 34.2 Å². The van der Waals surface area contributed by atoms with Crippen LogP contribution in [0.5, 0.6) is 0 Å². The molecule has 0 radical (unpaired) electrons. The van der Waals surface area contributed by atoms with E-state index in [9.17, 15) is 24.0 Å². The van der Waals surface area contributed by atoms with Crippen LogP contribution in [0.25, 0.3) is 0 Å². The highest BCUT2D eigenvalue weighted by atomic mass is 16.6. The van der Waals surface area contributed by atoms with Crippen molar-refractivity contribution >= 4 is 35.3 Å². The summed E-state index contributed by atoms with van der Waals surface area (Å²) in [5.41, 5.74) is 1.07. The van der Waals surface area contributed by atoms with Gasteiger partial charge in [0.15, 0.2) is 0 Å². The summed E-state index contributed by atoms with van der Waals surface area (Å²) in [7, 11) is 0. The van der Waals surface area contributed by atoms with Gasteiger partial charge < -0.3 is 14.5 Å². The molecular weight excluding hydrogens is 500 g/mol. The molecule has 0 saturated carbocycles. The summed E-state index contributed by atoms with van der Waals surface area (Å²) >= 11 is 0. The van der Waals surface area contributed by atoms with Gasteiger partial charge in [-0.25, -0.2) is 0 Å². The minimum Gasteiger partial charge on any atom is -0.460 e. The van der Waals surface area contributed by atoms with E-state index in [1.807, 2.05) is 26.8 Å². The van der Waals surface area contributed by atoms with Crippen LogP contribution < -0.4 is 10.2 Å². The molecule has 4 heterocycles. The van der Waals surface area contributed by atoms with Crippen molar-refractivity contribution in [3.8, 4) is 0 Å². The number of carbonyl (C=O) groups excluding carboxylic acids is 5. The number of imide groups is 2. The smallest absolute Gasteiger partial charge is 0.309 e. The zero-order chi connectivity index (χ0) is 27.9. The number of carbonyl (C=O) groups is 5. The molecule has 1 aromatic carbocycles. The molecule has 10 nitrogen and oxygen atoms in total. The quantitative estimate of drug-likeness (QED) is 0.449. The summed E-state index contributed by atoms with van der Waals surface area (Å²) in [5.74, 6) is -1.46. The lowest BCUT2D eigenvalue weighted by atomic mass is 9.92. The van der Waals surface area contributed by atoms with E-state index in [0.29, 0.717) is 17.0 Å². The van der Waals surface area contributed by atoms with Gasteiger partial charge in [-0.15, -0.1) is 0 Å². The molecular formula is C29H38N4O6. The van der Waals surface area contributed by atoms with E-state index in [1.54, 1.807) is 12.1 Å². The summed E-state index contributed by atoms with van der Waals surface area (Å²) in [6, 6.07) is 4.37. The Morgan fingerprint density at radius 2 is 1.59 bits per heavy atom. The maximum atomic E-state index is 13.2. The third-order valence-corrected chi connectivity index (χ3v) is 8.25. The third kappa shape index (κ3) is 5.85. The second-order valence-corrected chi connectivity index (χ2v) is 12.2. The number of amides is 4. The van der Waals surface area contributed by atoms with Crippen molar-refractivity contribution in [3.05, 3.63) is 29.3 Å². The number of hydrogen-bond acceptors (Lipinski definition) is 8. The van der Waals surface area contributed by atoms with E-state index in [-0.39, 0.29) is 30.6 Å². The van der Waals surface area contributed by atoms with Crippen LogP contribution in [0.15, 0.2) is 18.2 Å². The van der Waals surface area contributed by atoms with E-state index in [1.165, 1.54) is 0 Å². The van der Waals surface area contributed by atoms with Gasteiger partial charge >= 0.3 is 5.97 Å². The molecule has 4 amide bonds.